The Morgan fingerprint density at radius 2 is 1.48 bits per heavy atom. The summed E-state index contributed by atoms with van der Waals surface area (Å²) in [5.41, 5.74) is 4.42. The second-order valence-corrected chi connectivity index (χ2v) is 5.10. The van der Waals surface area contributed by atoms with Gasteiger partial charge >= 0.3 is 5.97 Å². The van der Waals surface area contributed by atoms with Crippen molar-refractivity contribution < 1.29 is 14.8 Å². The van der Waals surface area contributed by atoms with Gasteiger partial charge in [0.1, 0.15) is 13.1 Å². The Balaban J connectivity index is 1.83. The van der Waals surface area contributed by atoms with Crippen molar-refractivity contribution in [2.45, 2.75) is 26.9 Å². The van der Waals surface area contributed by atoms with Gasteiger partial charge in [0.2, 0.25) is 0 Å². The van der Waals surface area contributed by atoms with Gasteiger partial charge < -0.3 is 10.1 Å². The van der Waals surface area contributed by atoms with Crippen LogP contribution in [0.5, 0.6) is 0 Å². The Morgan fingerprint density at radius 1 is 0.952 bits per heavy atom. The van der Waals surface area contributed by atoms with Gasteiger partial charge in [-0.2, -0.15) is 0 Å². The van der Waals surface area contributed by atoms with Crippen molar-refractivity contribution in [1.29, 1.82) is 0 Å². The van der Waals surface area contributed by atoms with E-state index in [9.17, 15) is 4.79 Å². The van der Waals surface area contributed by atoms with Crippen molar-refractivity contribution in [3.8, 4) is 0 Å². The van der Waals surface area contributed by atoms with Crippen LogP contribution in [0.15, 0.2) is 48.5 Å². The van der Waals surface area contributed by atoms with E-state index in [1.165, 1.54) is 16.7 Å². The molecule has 0 unspecified atom stereocenters. The van der Waals surface area contributed by atoms with Crippen LogP contribution in [0.1, 0.15) is 34.0 Å². The van der Waals surface area contributed by atoms with Crippen LogP contribution in [0.2, 0.25) is 0 Å². The molecular formula is C18H22NO2+. The molecule has 2 aromatic carbocycles. The normalized spacial score (nSPS) is 10.4. The Labute approximate surface area is 126 Å². The van der Waals surface area contributed by atoms with E-state index < -0.39 is 0 Å². The van der Waals surface area contributed by atoms with Crippen LogP contribution in [-0.2, 0) is 17.8 Å². The smallest absolute Gasteiger partial charge is 0.338 e. The summed E-state index contributed by atoms with van der Waals surface area (Å²) in [5, 5.41) is 2.25. The van der Waals surface area contributed by atoms with E-state index in [2.05, 4.69) is 36.5 Å². The van der Waals surface area contributed by atoms with Crippen molar-refractivity contribution in [1.82, 2.24) is 0 Å². The molecule has 3 nitrogen and oxygen atoms in total. The average Bonchev–Trinajstić information content (AvgIpc) is 2.50. The minimum absolute atomic E-state index is 0.257. The lowest BCUT2D eigenvalue weighted by Crippen LogP contribution is -2.80. The molecule has 0 spiro atoms. The number of carbonyl (C=O) groups is 1. The first-order valence-electron chi connectivity index (χ1n) is 7.32. The van der Waals surface area contributed by atoms with Gasteiger partial charge in [-0.1, -0.05) is 42.0 Å². The largest absolute Gasteiger partial charge is 0.462 e. The number of nitrogens with two attached hydrogens (primary N) is 1. The van der Waals surface area contributed by atoms with E-state index in [1.54, 1.807) is 0 Å². The zero-order valence-electron chi connectivity index (χ0n) is 12.6. The topological polar surface area (TPSA) is 42.9 Å². The molecule has 0 aliphatic rings. The highest BCUT2D eigenvalue weighted by Crippen LogP contribution is 2.05. The van der Waals surface area contributed by atoms with Crippen molar-refractivity contribution in [3.05, 3.63) is 70.8 Å². The van der Waals surface area contributed by atoms with E-state index in [-0.39, 0.29) is 5.97 Å². The summed E-state index contributed by atoms with van der Waals surface area (Å²) < 4.78 is 4.97. The number of aryl methyl sites for hydroxylation is 1. The highest BCUT2D eigenvalue weighted by Gasteiger charge is 2.06. The number of hydrogen-bond donors (Lipinski definition) is 1. The molecule has 0 radical (unpaired) electrons. The SMILES string of the molecule is CCOC(=O)c1ccc(C[NH2+]Cc2ccc(C)cc2)cc1. The van der Waals surface area contributed by atoms with E-state index >= 15 is 0 Å². The van der Waals surface area contributed by atoms with Crippen LogP contribution in [0.4, 0.5) is 0 Å². The van der Waals surface area contributed by atoms with E-state index in [4.69, 9.17) is 4.74 Å². The fourth-order valence-corrected chi connectivity index (χ4v) is 2.12. The zero-order chi connectivity index (χ0) is 15.1. The maximum Gasteiger partial charge on any atom is 0.338 e. The number of esters is 1. The molecule has 0 saturated carbocycles. The van der Waals surface area contributed by atoms with Crippen LogP contribution < -0.4 is 5.32 Å². The molecule has 0 aliphatic carbocycles. The second-order valence-electron chi connectivity index (χ2n) is 5.10. The molecule has 110 valence electrons. The lowest BCUT2D eigenvalue weighted by Gasteiger charge is -2.05. The standard InChI is InChI=1S/C18H21NO2/c1-3-21-18(20)17-10-8-16(9-11-17)13-19-12-15-6-4-14(2)5-7-15/h4-11,19H,3,12-13H2,1-2H3/p+1. The molecule has 2 aromatic rings. The minimum atomic E-state index is -0.257. The predicted molar refractivity (Wildman–Crippen MR) is 82.9 cm³/mol. The maximum absolute atomic E-state index is 11.6. The number of quaternary nitrogens is 1. The summed E-state index contributed by atoms with van der Waals surface area (Å²) >= 11 is 0. The first kappa shape index (κ1) is 15.3. The fourth-order valence-electron chi connectivity index (χ4n) is 2.12. The number of ether oxygens (including phenoxy) is 1. The van der Waals surface area contributed by atoms with Gasteiger partial charge in [-0.25, -0.2) is 4.79 Å². The molecular weight excluding hydrogens is 262 g/mol. The predicted octanol–water partition coefficient (Wildman–Crippen LogP) is 2.44. The number of hydrogen-bond acceptors (Lipinski definition) is 2. The average molecular weight is 284 g/mol. The molecule has 0 amide bonds. The van der Waals surface area contributed by atoms with Crippen molar-refractivity contribution in [2.24, 2.45) is 0 Å². The van der Waals surface area contributed by atoms with E-state index in [0.717, 1.165) is 13.1 Å². The summed E-state index contributed by atoms with van der Waals surface area (Å²) in [6.07, 6.45) is 0. The van der Waals surface area contributed by atoms with E-state index in [1.807, 2.05) is 31.2 Å². The first-order valence-corrected chi connectivity index (χ1v) is 7.32. The third kappa shape index (κ3) is 4.72. The third-order valence-corrected chi connectivity index (χ3v) is 3.35. The highest BCUT2D eigenvalue weighted by molar-refractivity contribution is 5.89. The zero-order valence-corrected chi connectivity index (χ0v) is 12.6. The molecule has 0 fully saturated rings. The molecule has 2 N–H and O–H groups in total. The van der Waals surface area contributed by atoms with Gasteiger partial charge in [0, 0.05) is 11.1 Å². The second kappa shape index (κ2) is 7.60. The Bertz CT molecular complexity index is 573. The fraction of sp³-hybridized carbons (Fsp3) is 0.278. The molecule has 0 bridgehead atoms. The van der Waals surface area contributed by atoms with Crippen LogP contribution in [0.3, 0.4) is 0 Å². The maximum atomic E-state index is 11.6. The molecule has 0 aliphatic heterocycles. The molecule has 21 heavy (non-hydrogen) atoms. The summed E-state index contributed by atoms with van der Waals surface area (Å²) in [5.74, 6) is -0.257. The minimum Gasteiger partial charge on any atom is -0.462 e. The van der Waals surface area contributed by atoms with Crippen LogP contribution in [-0.4, -0.2) is 12.6 Å². The summed E-state index contributed by atoms with van der Waals surface area (Å²) in [7, 11) is 0. The molecule has 2 rings (SSSR count). The lowest BCUT2D eigenvalue weighted by molar-refractivity contribution is -0.686. The molecule has 0 saturated heterocycles. The van der Waals surface area contributed by atoms with Gasteiger partial charge in [0.25, 0.3) is 0 Å². The molecule has 0 atom stereocenters. The number of carbonyl (C=O) groups excluding carboxylic acids is 1. The van der Waals surface area contributed by atoms with Crippen LogP contribution in [0.25, 0.3) is 0 Å². The Morgan fingerprint density at radius 3 is 2.00 bits per heavy atom. The third-order valence-electron chi connectivity index (χ3n) is 3.35. The summed E-state index contributed by atoms with van der Waals surface area (Å²) in [6, 6.07) is 16.2. The van der Waals surface area contributed by atoms with Gasteiger partial charge in [-0.05, 0) is 26.0 Å². The van der Waals surface area contributed by atoms with Crippen molar-refractivity contribution in [2.75, 3.05) is 6.61 Å². The Hall–Kier alpha value is -2.13. The van der Waals surface area contributed by atoms with Crippen molar-refractivity contribution >= 4 is 5.97 Å². The van der Waals surface area contributed by atoms with Gasteiger partial charge in [-0.3, -0.25) is 0 Å². The van der Waals surface area contributed by atoms with Gasteiger partial charge in [0.15, 0.2) is 0 Å². The van der Waals surface area contributed by atoms with Gasteiger partial charge in [0.05, 0.1) is 12.2 Å². The van der Waals surface area contributed by atoms with E-state index in [0.29, 0.717) is 12.2 Å². The quantitative estimate of drug-likeness (QED) is 0.828. The molecule has 3 heteroatoms. The Kier molecular flexibility index (Phi) is 5.52. The lowest BCUT2D eigenvalue weighted by atomic mass is 10.1. The molecule has 0 heterocycles. The van der Waals surface area contributed by atoms with Crippen molar-refractivity contribution in [3.63, 3.8) is 0 Å². The van der Waals surface area contributed by atoms with Crippen LogP contribution >= 0.6 is 0 Å². The molecule has 0 aromatic heterocycles. The monoisotopic (exact) mass is 284 g/mol. The summed E-state index contributed by atoms with van der Waals surface area (Å²) in [4.78, 5) is 11.6. The highest BCUT2D eigenvalue weighted by atomic mass is 16.5. The summed E-state index contributed by atoms with van der Waals surface area (Å²) in [6.45, 7) is 6.17. The number of rotatable bonds is 6. The number of benzene rings is 2. The van der Waals surface area contributed by atoms with Gasteiger partial charge in [-0.15, -0.1) is 0 Å². The van der Waals surface area contributed by atoms with Crippen LogP contribution in [0, 0.1) is 6.92 Å². The first-order chi connectivity index (χ1) is 10.2.